The van der Waals surface area contributed by atoms with Crippen LogP contribution in [-0.2, 0) is 27.4 Å². The summed E-state index contributed by atoms with van der Waals surface area (Å²) < 4.78 is 13.4. The number of imidazole rings is 1. The van der Waals surface area contributed by atoms with E-state index in [4.69, 9.17) is 9.47 Å². The van der Waals surface area contributed by atoms with Gasteiger partial charge in [0.05, 0.1) is 24.5 Å². The van der Waals surface area contributed by atoms with Crippen molar-refractivity contribution in [2.75, 3.05) is 16.3 Å². The van der Waals surface area contributed by atoms with Gasteiger partial charge < -0.3 is 24.0 Å². The maximum absolute atomic E-state index is 13.9. The number of hydrogen-bond donors (Lipinski definition) is 1. The molecule has 3 aromatic rings. The maximum atomic E-state index is 13.9. The molecular weight excluding hydrogens is 598 g/mol. The summed E-state index contributed by atoms with van der Waals surface area (Å²) in [6.07, 6.45) is 0.687. The second-order valence-corrected chi connectivity index (χ2v) is 14.3. The van der Waals surface area contributed by atoms with Crippen molar-refractivity contribution < 1.29 is 29.0 Å². The van der Waals surface area contributed by atoms with E-state index in [2.05, 4.69) is 4.98 Å². The van der Waals surface area contributed by atoms with E-state index in [0.717, 1.165) is 11.3 Å². The van der Waals surface area contributed by atoms with E-state index in [1.54, 1.807) is 28.1 Å². The largest absolute Gasteiger partial charge is 0.444 e. The molecule has 1 unspecified atom stereocenters. The van der Waals surface area contributed by atoms with Gasteiger partial charge in [0.25, 0.3) is 0 Å². The SMILES string of the molecule is CCC(=O)N1c2ccccc2[C@H](N(C(=O)OC(C)(C)C)c2ccc(C(O)c3cnc4n3CCN(C(=O)OC(C)(C)C)C4)cc2)C[C@H]1C. The van der Waals surface area contributed by atoms with Gasteiger partial charge in [0, 0.05) is 36.9 Å². The number of amides is 3. The number of benzene rings is 2. The zero-order valence-electron chi connectivity index (χ0n) is 28.7. The molecule has 2 aliphatic heterocycles. The van der Waals surface area contributed by atoms with Crippen molar-refractivity contribution in [1.29, 1.82) is 0 Å². The number of nitrogens with zero attached hydrogens (tertiary/aromatic N) is 5. The zero-order chi connectivity index (χ0) is 34.3. The van der Waals surface area contributed by atoms with Crippen LogP contribution < -0.4 is 9.80 Å². The van der Waals surface area contributed by atoms with Crippen LogP contribution >= 0.6 is 0 Å². The lowest BCUT2D eigenvalue weighted by Crippen LogP contribution is -2.48. The van der Waals surface area contributed by atoms with Gasteiger partial charge in [0.15, 0.2) is 0 Å². The highest BCUT2D eigenvalue weighted by molar-refractivity contribution is 5.96. The van der Waals surface area contributed by atoms with E-state index in [1.165, 1.54) is 0 Å². The Morgan fingerprint density at radius 3 is 2.28 bits per heavy atom. The van der Waals surface area contributed by atoms with E-state index in [1.807, 2.05) is 101 Å². The number of rotatable bonds is 5. The third kappa shape index (κ3) is 7.30. The Morgan fingerprint density at radius 2 is 1.64 bits per heavy atom. The van der Waals surface area contributed by atoms with Gasteiger partial charge in [-0.05, 0) is 84.2 Å². The Hall–Kier alpha value is -4.38. The van der Waals surface area contributed by atoms with Crippen molar-refractivity contribution in [3.05, 3.63) is 77.4 Å². The molecular formula is C36H47N5O6. The van der Waals surface area contributed by atoms with Crippen LogP contribution in [0.3, 0.4) is 0 Å². The van der Waals surface area contributed by atoms with Crippen molar-refractivity contribution >= 4 is 29.5 Å². The number of ether oxygens (including phenoxy) is 2. The summed E-state index contributed by atoms with van der Waals surface area (Å²) >= 11 is 0. The fraction of sp³-hybridized carbons (Fsp3) is 0.500. The fourth-order valence-electron chi connectivity index (χ4n) is 6.27. The second kappa shape index (κ2) is 13.0. The molecule has 47 heavy (non-hydrogen) atoms. The third-order valence-corrected chi connectivity index (χ3v) is 8.35. The summed E-state index contributed by atoms with van der Waals surface area (Å²) in [6.45, 7) is 16.1. The van der Waals surface area contributed by atoms with Crippen molar-refractivity contribution in [2.24, 2.45) is 0 Å². The lowest BCUT2D eigenvalue weighted by atomic mass is 9.90. The highest BCUT2D eigenvalue weighted by Crippen LogP contribution is 2.43. The van der Waals surface area contributed by atoms with Crippen LogP contribution in [0, 0.1) is 0 Å². The van der Waals surface area contributed by atoms with Gasteiger partial charge >= 0.3 is 12.2 Å². The molecule has 1 aromatic heterocycles. The Kier molecular flexibility index (Phi) is 9.41. The van der Waals surface area contributed by atoms with Crippen LogP contribution in [0.15, 0.2) is 54.7 Å². The summed E-state index contributed by atoms with van der Waals surface area (Å²) in [7, 11) is 0. The van der Waals surface area contributed by atoms with Crippen molar-refractivity contribution in [3.63, 3.8) is 0 Å². The molecule has 3 heterocycles. The minimum absolute atomic E-state index is 0.0326. The molecule has 11 nitrogen and oxygen atoms in total. The first-order valence-electron chi connectivity index (χ1n) is 16.3. The molecule has 0 saturated carbocycles. The van der Waals surface area contributed by atoms with Gasteiger partial charge in [-0.15, -0.1) is 0 Å². The highest BCUT2D eigenvalue weighted by Gasteiger charge is 2.40. The van der Waals surface area contributed by atoms with Crippen LogP contribution in [0.25, 0.3) is 0 Å². The number of para-hydroxylation sites is 1. The first-order valence-corrected chi connectivity index (χ1v) is 16.3. The normalized spacial score (nSPS) is 18.6. The van der Waals surface area contributed by atoms with E-state index < -0.39 is 29.5 Å². The minimum atomic E-state index is -0.975. The van der Waals surface area contributed by atoms with E-state index in [9.17, 15) is 19.5 Å². The Morgan fingerprint density at radius 1 is 0.979 bits per heavy atom. The molecule has 0 aliphatic carbocycles. The molecule has 5 rings (SSSR count). The first kappa shape index (κ1) is 34.0. The number of aromatic nitrogens is 2. The van der Waals surface area contributed by atoms with E-state index in [-0.39, 0.29) is 24.5 Å². The number of aliphatic hydroxyl groups excluding tert-OH is 1. The fourth-order valence-corrected chi connectivity index (χ4v) is 6.27. The molecule has 3 amide bonds. The molecule has 1 N–H and O–H groups in total. The van der Waals surface area contributed by atoms with Gasteiger partial charge in [-0.25, -0.2) is 14.6 Å². The van der Waals surface area contributed by atoms with Crippen LogP contribution in [0.4, 0.5) is 21.0 Å². The molecule has 2 aliphatic rings. The average molecular weight is 646 g/mol. The molecule has 0 saturated heterocycles. The molecule has 2 aromatic carbocycles. The summed E-state index contributed by atoms with van der Waals surface area (Å²) in [6, 6.07) is 14.4. The Balaban J connectivity index is 1.43. The van der Waals surface area contributed by atoms with Crippen LogP contribution in [0.5, 0.6) is 0 Å². The quantitative estimate of drug-likeness (QED) is 0.327. The Labute approximate surface area is 277 Å². The monoisotopic (exact) mass is 645 g/mol. The lowest BCUT2D eigenvalue weighted by Gasteiger charge is -2.43. The van der Waals surface area contributed by atoms with E-state index in [0.29, 0.717) is 48.7 Å². The summed E-state index contributed by atoms with van der Waals surface area (Å²) in [5.74, 6) is 0.703. The number of aliphatic hydroxyl groups is 1. The van der Waals surface area contributed by atoms with Crippen molar-refractivity contribution in [3.8, 4) is 0 Å². The van der Waals surface area contributed by atoms with Gasteiger partial charge in [-0.1, -0.05) is 37.3 Å². The van der Waals surface area contributed by atoms with Gasteiger partial charge in [0.2, 0.25) is 5.91 Å². The molecule has 0 spiro atoms. The maximum Gasteiger partial charge on any atom is 0.415 e. The molecule has 0 bridgehead atoms. The predicted molar refractivity (Wildman–Crippen MR) is 179 cm³/mol. The number of fused-ring (bicyclic) bond motifs is 2. The van der Waals surface area contributed by atoms with Crippen molar-refractivity contribution in [1.82, 2.24) is 14.5 Å². The molecule has 252 valence electrons. The average Bonchev–Trinajstić information content (AvgIpc) is 3.42. The van der Waals surface area contributed by atoms with Crippen LogP contribution in [0.1, 0.15) is 103 Å². The molecule has 3 atom stereocenters. The summed E-state index contributed by atoms with van der Waals surface area (Å²) in [5, 5.41) is 11.5. The lowest BCUT2D eigenvalue weighted by molar-refractivity contribution is -0.118. The predicted octanol–water partition coefficient (Wildman–Crippen LogP) is 6.73. The molecule has 0 fully saturated rings. The van der Waals surface area contributed by atoms with Crippen LogP contribution in [0.2, 0.25) is 0 Å². The molecule has 0 radical (unpaired) electrons. The van der Waals surface area contributed by atoms with Gasteiger partial charge in [-0.3, -0.25) is 14.6 Å². The highest BCUT2D eigenvalue weighted by atomic mass is 16.6. The topological polar surface area (TPSA) is 117 Å². The standard InChI is InChI=1S/C36H47N5O6/c1-9-31(42)40-23(2)20-28(26-12-10-11-13-27(26)40)41(34(45)47-36(6,7)8)25-16-14-24(15-17-25)32(43)29-21-37-30-22-38(18-19-39(29)30)33(44)46-35(3,4)5/h10-17,21,23,28,32,43H,9,18-20,22H2,1-8H3/t23-,28-,32?/m1/s1. The number of hydrogen-bond acceptors (Lipinski definition) is 7. The number of carbonyl (C=O) groups is 3. The van der Waals surface area contributed by atoms with Crippen LogP contribution in [-0.4, -0.2) is 61.4 Å². The summed E-state index contributed by atoms with van der Waals surface area (Å²) in [5.41, 5.74) is 2.21. The Bertz CT molecular complexity index is 1620. The van der Waals surface area contributed by atoms with Gasteiger partial charge in [-0.2, -0.15) is 0 Å². The second-order valence-electron chi connectivity index (χ2n) is 14.3. The van der Waals surface area contributed by atoms with Gasteiger partial charge in [0.1, 0.15) is 23.1 Å². The smallest absolute Gasteiger partial charge is 0.415 e. The first-order chi connectivity index (χ1) is 22.1. The number of carbonyl (C=O) groups excluding carboxylic acids is 3. The molecule has 11 heteroatoms. The van der Waals surface area contributed by atoms with E-state index >= 15 is 0 Å². The van der Waals surface area contributed by atoms with Crippen molar-refractivity contribution in [2.45, 2.75) is 111 Å². The zero-order valence-corrected chi connectivity index (χ0v) is 28.7. The third-order valence-electron chi connectivity index (χ3n) is 8.35. The number of anilines is 2. The summed E-state index contributed by atoms with van der Waals surface area (Å²) in [4.78, 5) is 49.1. The minimum Gasteiger partial charge on any atom is -0.444 e.